The Bertz CT molecular complexity index is 901. The van der Waals surface area contributed by atoms with Gasteiger partial charge in [0.2, 0.25) is 0 Å². The zero-order chi connectivity index (χ0) is 37.5. The van der Waals surface area contributed by atoms with E-state index >= 15 is 0 Å². The lowest BCUT2D eigenvalue weighted by molar-refractivity contribution is -0.132. The number of halogens is 6. The van der Waals surface area contributed by atoms with Crippen molar-refractivity contribution >= 4 is 68.5 Å². The molecule has 0 saturated heterocycles. The van der Waals surface area contributed by atoms with E-state index in [-0.39, 0.29) is 14.9 Å². The molecule has 0 spiro atoms. The molecule has 0 aromatic rings. The third-order valence-corrected chi connectivity index (χ3v) is 30.9. The molecule has 10 nitrogen and oxygen atoms in total. The molecule has 0 bridgehead atoms. The van der Waals surface area contributed by atoms with Gasteiger partial charge >= 0.3 is 80.8 Å². The molecule has 292 valence electrons. The fourth-order valence-electron chi connectivity index (χ4n) is 4.15. The highest BCUT2D eigenvalue weighted by atomic mass is 28.5. The quantitative estimate of drug-likeness (QED) is 0.0801. The van der Waals surface area contributed by atoms with Gasteiger partial charge in [-0.15, -0.1) is 13.2 Å². The van der Waals surface area contributed by atoms with Crippen LogP contribution in [0.1, 0.15) is 27.7 Å². The first kappa shape index (κ1) is 55.2. The summed E-state index contributed by atoms with van der Waals surface area (Å²) in [6.07, 6.45) is -10.9. The van der Waals surface area contributed by atoms with Crippen LogP contribution in [0.5, 0.6) is 0 Å². The van der Waals surface area contributed by atoms with Crippen LogP contribution in [-0.4, -0.2) is 100 Å². The molecule has 0 amide bonds. The topological polar surface area (TPSA) is 136 Å². The maximum Gasteiger partial charge on any atom is 0.389 e. The van der Waals surface area contributed by atoms with E-state index in [4.69, 9.17) is 24.7 Å². The molecule has 0 aliphatic carbocycles. The fraction of sp³-hybridized carbons (Fsp3) is 0.833. The Morgan fingerprint density at radius 1 is 0.479 bits per heavy atom. The van der Waals surface area contributed by atoms with Gasteiger partial charge in [0.05, 0.1) is 0 Å². The first-order valence-corrected chi connectivity index (χ1v) is 35.5. The highest BCUT2D eigenvalue weighted by molar-refractivity contribution is 6.90. The van der Waals surface area contributed by atoms with E-state index in [9.17, 15) is 45.5 Å². The van der Waals surface area contributed by atoms with Crippen LogP contribution >= 0.6 is 0 Å². The smallest absolute Gasteiger partial charge is 0.389 e. The van der Waals surface area contributed by atoms with E-state index in [1.165, 1.54) is 24.5 Å². The Morgan fingerprint density at radius 3 is 0.875 bits per heavy atom. The van der Waals surface area contributed by atoms with E-state index in [2.05, 4.69) is 13.2 Å². The Kier molecular flexibility index (Phi) is 22.4. The van der Waals surface area contributed by atoms with Gasteiger partial charge in [-0.1, -0.05) is 26.3 Å². The molecule has 24 heteroatoms. The molecule has 0 heterocycles. The van der Waals surface area contributed by atoms with Gasteiger partial charge in [-0.25, -0.2) is 0 Å². The van der Waals surface area contributed by atoms with Gasteiger partial charge in [-0.3, -0.25) is 0 Å². The second kappa shape index (κ2) is 19.5. The van der Waals surface area contributed by atoms with Crippen LogP contribution < -0.4 is 0 Å². The Labute approximate surface area is 293 Å². The Morgan fingerprint density at radius 2 is 0.708 bits per heavy atom. The fourth-order valence-corrected chi connectivity index (χ4v) is 34.4. The normalized spacial score (nSPS) is 18.3. The first-order valence-electron chi connectivity index (χ1n) is 14.3. The van der Waals surface area contributed by atoms with Crippen molar-refractivity contribution in [2.75, 3.05) is 0 Å². The van der Waals surface area contributed by atoms with E-state index < -0.39 is 106 Å². The molecule has 0 fully saturated rings. The van der Waals surface area contributed by atoms with Gasteiger partial charge in [0.15, 0.2) is 0 Å². The minimum atomic E-state index is -4.35. The molecule has 0 aromatic carbocycles. The predicted octanol–water partition coefficient (Wildman–Crippen LogP) is 7.76. The van der Waals surface area contributed by atoms with Crippen LogP contribution in [0, 0.1) is 0 Å². The lowest BCUT2D eigenvalue weighted by Crippen LogP contribution is -2.58. The van der Waals surface area contributed by atoms with Gasteiger partial charge < -0.3 is 43.9 Å². The van der Waals surface area contributed by atoms with Crippen molar-refractivity contribution in [3.63, 3.8) is 0 Å². The maximum atomic E-state index is 12.3. The molecule has 4 unspecified atom stereocenters. The molecule has 0 rings (SSSR count). The molecule has 0 saturated carbocycles. The highest BCUT2D eigenvalue weighted by Crippen LogP contribution is 2.31. The standard InChI is InChI=1S/2C11H27F3O5Si4.2CH4/c2*1-8-23(7,18-21(4,5)17-20(2,3)15)19-22(6,16)10-9-11(12,13)14;;/h2*8,15-16H,1,9-10H2,2-7H3;2*1H4. The van der Waals surface area contributed by atoms with E-state index in [1.54, 1.807) is 65.5 Å². The summed E-state index contributed by atoms with van der Waals surface area (Å²) in [7, 11) is -24.6. The van der Waals surface area contributed by atoms with Crippen molar-refractivity contribution in [3.8, 4) is 0 Å². The lowest BCUT2D eigenvalue weighted by Gasteiger charge is -2.39. The third-order valence-electron chi connectivity index (χ3n) is 5.22. The van der Waals surface area contributed by atoms with Gasteiger partial charge in [-0.2, -0.15) is 26.3 Å². The summed E-state index contributed by atoms with van der Waals surface area (Å²) in [6.45, 7) is 26.2. The zero-order valence-corrected chi connectivity index (χ0v) is 36.9. The van der Waals surface area contributed by atoms with Crippen molar-refractivity contribution in [1.29, 1.82) is 0 Å². The van der Waals surface area contributed by atoms with E-state index in [1.807, 2.05) is 0 Å². The minimum absolute atomic E-state index is 0. The predicted molar refractivity (Wildman–Crippen MR) is 197 cm³/mol. The summed E-state index contributed by atoms with van der Waals surface area (Å²) in [5.41, 5.74) is 2.82. The van der Waals surface area contributed by atoms with Crippen molar-refractivity contribution in [2.45, 2.75) is 131 Å². The summed E-state index contributed by atoms with van der Waals surface area (Å²) >= 11 is 0. The van der Waals surface area contributed by atoms with Crippen LogP contribution in [0.4, 0.5) is 26.3 Å². The molecule has 0 radical (unpaired) electrons. The molecule has 0 aromatic heterocycles. The van der Waals surface area contributed by atoms with Gasteiger partial charge in [0.1, 0.15) is 0 Å². The van der Waals surface area contributed by atoms with Gasteiger partial charge in [0.25, 0.3) is 0 Å². The summed E-state index contributed by atoms with van der Waals surface area (Å²) in [5, 5.41) is 0. The summed E-state index contributed by atoms with van der Waals surface area (Å²) < 4.78 is 108. The lowest BCUT2D eigenvalue weighted by atomic mass is 10.5. The number of hydrogen-bond donors (Lipinski definition) is 4. The average molecular weight is 849 g/mol. The molecule has 48 heavy (non-hydrogen) atoms. The van der Waals surface area contributed by atoms with Crippen molar-refractivity contribution in [2.24, 2.45) is 0 Å². The Hall–Kier alpha value is 0.395. The van der Waals surface area contributed by atoms with Crippen LogP contribution in [0.3, 0.4) is 0 Å². The SMILES string of the molecule is C.C.C=C[Si](C)(O[Si](C)(O)CCC(F)(F)F)O[Si](C)(C)O[Si](C)(C)O.C=C[Si](C)(O[Si](C)(O)CCC(F)(F)F)O[Si](C)(C)O[Si](C)(C)O. The summed E-state index contributed by atoms with van der Waals surface area (Å²) in [5.74, 6) is 0. The van der Waals surface area contributed by atoms with Crippen LogP contribution in [0.15, 0.2) is 24.6 Å². The van der Waals surface area contributed by atoms with Crippen LogP contribution in [0.2, 0.25) is 90.7 Å². The van der Waals surface area contributed by atoms with Crippen molar-refractivity contribution in [1.82, 2.24) is 0 Å². The Balaban J connectivity index is -0.000000387. The van der Waals surface area contributed by atoms with Crippen molar-refractivity contribution < 1.29 is 70.2 Å². The van der Waals surface area contributed by atoms with E-state index in [0.29, 0.717) is 0 Å². The highest BCUT2D eigenvalue weighted by Gasteiger charge is 2.48. The van der Waals surface area contributed by atoms with Gasteiger partial charge in [-0.05, 0) is 90.7 Å². The maximum absolute atomic E-state index is 12.3. The third kappa shape index (κ3) is 30.1. The molecule has 0 aliphatic rings. The number of alkyl halides is 6. The van der Waals surface area contributed by atoms with Crippen LogP contribution in [0.25, 0.3) is 0 Å². The molecular weight excluding hydrogens is 787 g/mol. The van der Waals surface area contributed by atoms with E-state index in [0.717, 1.165) is 0 Å². The van der Waals surface area contributed by atoms with Crippen LogP contribution in [-0.2, 0) is 24.7 Å². The second-order valence-corrected chi connectivity index (χ2v) is 40.2. The number of hydrogen-bond acceptors (Lipinski definition) is 10. The molecule has 4 atom stereocenters. The molecular formula is C24H62F6O10Si8. The van der Waals surface area contributed by atoms with Gasteiger partial charge in [0, 0.05) is 12.8 Å². The largest absolute Gasteiger partial charge is 0.416 e. The minimum Gasteiger partial charge on any atom is -0.416 e. The zero-order valence-electron chi connectivity index (χ0n) is 28.9. The number of rotatable bonds is 18. The molecule has 4 N–H and O–H groups in total. The second-order valence-electron chi connectivity index (χ2n) is 13.3. The van der Waals surface area contributed by atoms with Crippen molar-refractivity contribution in [3.05, 3.63) is 24.6 Å². The monoisotopic (exact) mass is 848 g/mol. The summed E-state index contributed by atoms with van der Waals surface area (Å²) in [4.78, 5) is 40.2. The average Bonchev–Trinajstić information content (AvgIpc) is 2.71. The summed E-state index contributed by atoms with van der Waals surface area (Å²) in [6, 6.07) is -0.946. The molecule has 0 aliphatic heterocycles. The first-order chi connectivity index (χ1) is 19.8.